The van der Waals surface area contributed by atoms with Gasteiger partial charge in [-0.3, -0.25) is 0 Å². The van der Waals surface area contributed by atoms with E-state index in [1.54, 1.807) is 0 Å². The summed E-state index contributed by atoms with van der Waals surface area (Å²) in [5.41, 5.74) is 18.8. The number of nitrogens with zero attached hydrogens (tertiary/aromatic N) is 1. The number of hydrogen-bond acceptors (Lipinski definition) is 1. The minimum atomic E-state index is -0.442. The summed E-state index contributed by atoms with van der Waals surface area (Å²) in [5.74, 6) is 0. The molecule has 0 fully saturated rings. The predicted octanol–water partition coefficient (Wildman–Crippen LogP) is 15.2. The van der Waals surface area contributed by atoms with Crippen LogP contribution in [0.3, 0.4) is 0 Å². The summed E-state index contributed by atoms with van der Waals surface area (Å²) in [6.07, 6.45) is 9.14. The number of rotatable bonds is 5. The van der Waals surface area contributed by atoms with E-state index in [9.17, 15) is 0 Å². The van der Waals surface area contributed by atoms with Crippen molar-refractivity contribution in [2.24, 2.45) is 0 Å². The third-order valence-corrected chi connectivity index (χ3v) is 12.9. The fourth-order valence-electron chi connectivity index (χ4n) is 10.5. The Balaban J connectivity index is 1.12. The highest BCUT2D eigenvalue weighted by Crippen LogP contribution is 2.65. The summed E-state index contributed by atoms with van der Waals surface area (Å²) in [7, 11) is 0. The molecule has 0 atom stereocenters. The Morgan fingerprint density at radius 1 is 0.414 bits per heavy atom. The molecule has 9 aromatic rings. The Hall–Kier alpha value is -7.22. The van der Waals surface area contributed by atoms with Crippen LogP contribution in [0.25, 0.3) is 60.5 Å². The van der Waals surface area contributed by atoms with Crippen LogP contribution >= 0.6 is 0 Å². The summed E-state index contributed by atoms with van der Waals surface area (Å²) >= 11 is 0. The van der Waals surface area contributed by atoms with Gasteiger partial charge in [0.15, 0.2) is 0 Å². The molecule has 272 valence electrons. The zero-order chi connectivity index (χ0) is 38.2. The highest BCUT2D eigenvalue weighted by molar-refractivity contribution is 6.11. The minimum Gasteiger partial charge on any atom is -0.310 e. The first kappa shape index (κ1) is 33.0. The molecule has 9 aromatic carbocycles. The van der Waals surface area contributed by atoms with Crippen LogP contribution in [0.1, 0.15) is 40.7 Å². The molecule has 3 aliphatic carbocycles. The van der Waals surface area contributed by atoms with Crippen LogP contribution in [0.15, 0.2) is 212 Å². The molecule has 3 aliphatic rings. The van der Waals surface area contributed by atoms with Crippen molar-refractivity contribution in [1.29, 1.82) is 0 Å². The highest BCUT2D eigenvalue weighted by Gasteiger charge is 2.52. The van der Waals surface area contributed by atoms with Gasteiger partial charge in [-0.1, -0.05) is 176 Å². The molecule has 0 saturated heterocycles. The number of benzene rings is 9. The van der Waals surface area contributed by atoms with Crippen LogP contribution in [0.5, 0.6) is 0 Å². The van der Waals surface area contributed by atoms with Crippen molar-refractivity contribution >= 4 is 44.2 Å². The van der Waals surface area contributed by atoms with E-state index < -0.39 is 5.41 Å². The van der Waals surface area contributed by atoms with Gasteiger partial charge in [0.25, 0.3) is 0 Å². The van der Waals surface area contributed by atoms with Crippen LogP contribution < -0.4 is 4.90 Å². The molecule has 58 heavy (non-hydrogen) atoms. The minimum absolute atomic E-state index is 0.442. The second kappa shape index (κ2) is 12.9. The lowest BCUT2D eigenvalue weighted by molar-refractivity contribution is 0.802. The Morgan fingerprint density at radius 2 is 1.12 bits per heavy atom. The highest BCUT2D eigenvalue weighted by atomic mass is 15.1. The van der Waals surface area contributed by atoms with E-state index in [4.69, 9.17) is 0 Å². The molecule has 1 heteroatoms. The fourth-order valence-corrected chi connectivity index (χ4v) is 10.5. The molecule has 0 N–H and O–H groups in total. The Bertz CT molecular complexity index is 3120. The largest absolute Gasteiger partial charge is 0.310 e. The third-order valence-electron chi connectivity index (χ3n) is 12.9. The van der Waals surface area contributed by atoms with Gasteiger partial charge in [-0.25, -0.2) is 0 Å². The molecule has 0 aliphatic heterocycles. The van der Waals surface area contributed by atoms with Crippen molar-refractivity contribution in [3.8, 4) is 33.4 Å². The van der Waals surface area contributed by atoms with Crippen molar-refractivity contribution in [3.05, 3.63) is 240 Å². The summed E-state index contributed by atoms with van der Waals surface area (Å²) in [6, 6.07) is 72.5. The van der Waals surface area contributed by atoms with Crippen LogP contribution in [-0.2, 0) is 5.41 Å². The summed E-state index contributed by atoms with van der Waals surface area (Å²) < 4.78 is 0. The standard InChI is InChI=1S/C57H39N/c1-4-16-38(17-5-1)41-30-35-54(50(37-41)39-18-6-2-7-19-39)58(43-21-8-3-9-22-43)44-31-33-46-42(36-44)28-32-49-55-45-23-11-10-20-40(45)29-34-53(55)57(56(46)49)51-26-14-12-24-47(51)48-25-13-15-27-52(48)57/h1,3-6,8-37H,2,7H2. The number of fused-ring (bicyclic) bond motifs is 14. The first-order chi connectivity index (χ1) is 28.8. The monoisotopic (exact) mass is 737 g/mol. The van der Waals surface area contributed by atoms with Gasteiger partial charge in [0, 0.05) is 16.9 Å². The maximum Gasteiger partial charge on any atom is 0.0731 e. The van der Waals surface area contributed by atoms with E-state index in [-0.39, 0.29) is 0 Å². The molecule has 0 heterocycles. The number of hydrogen-bond donors (Lipinski definition) is 0. The fraction of sp³-hybridized carbons (Fsp3) is 0.0526. The SMILES string of the molecule is C1=CC(c2cc(-c3ccccc3)ccc2N(c2ccccc2)c2ccc3c4c(ccc3c2)-c2c(ccc3ccccc23)C42c3ccccc3-c3ccccc32)=CCC1. The van der Waals surface area contributed by atoms with Gasteiger partial charge < -0.3 is 4.90 Å². The van der Waals surface area contributed by atoms with E-state index in [1.807, 2.05) is 0 Å². The maximum atomic E-state index is 2.46. The second-order valence-electron chi connectivity index (χ2n) is 15.9. The molecule has 1 spiro atoms. The number of allylic oxidation sites excluding steroid dienone is 4. The lowest BCUT2D eigenvalue weighted by Crippen LogP contribution is -2.26. The Kier molecular flexibility index (Phi) is 7.34. The van der Waals surface area contributed by atoms with Gasteiger partial charge in [-0.05, 0) is 132 Å². The van der Waals surface area contributed by atoms with Crippen LogP contribution in [0.2, 0.25) is 0 Å². The van der Waals surface area contributed by atoms with Crippen LogP contribution in [-0.4, -0.2) is 0 Å². The van der Waals surface area contributed by atoms with E-state index in [1.165, 1.54) is 88.3 Å². The lowest BCUT2D eigenvalue weighted by Gasteiger charge is -2.32. The smallest absolute Gasteiger partial charge is 0.0731 e. The summed E-state index contributed by atoms with van der Waals surface area (Å²) in [4.78, 5) is 2.46. The molecule has 0 unspecified atom stereocenters. The normalized spacial score (nSPS) is 14.2. The van der Waals surface area contributed by atoms with Crippen LogP contribution in [0.4, 0.5) is 17.1 Å². The first-order valence-corrected chi connectivity index (χ1v) is 20.5. The maximum absolute atomic E-state index is 2.46. The molecule has 12 rings (SSSR count). The van der Waals surface area contributed by atoms with E-state index in [2.05, 4.69) is 217 Å². The molecule has 0 saturated carbocycles. The van der Waals surface area contributed by atoms with Crippen molar-refractivity contribution in [1.82, 2.24) is 0 Å². The van der Waals surface area contributed by atoms with Gasteiger partial charge in [0.05, 0.1) is 11.1 Å². The molecule has 0 radical (unpaired) electrons. The molecule has 1 nitrogen and oxygen atoms in total. The molecular formula is C57H39N. The Labute approximate surface area is 339 Å². The van der Waals surface area contributed by atoms with Gasteiger partial charge in [0.1, 0.15) is 0 Å². The van der Waals surface area contributed by atoms with Gasteiger partial charge in [0.2, 0.25) is 0 Å². The first-order valence-electron chi connectivity index (χ1n) is 20.5. The summed E-state index contributed by atoms with van der Waals surface area (Å²) in [6.45, 7) is 0. The number of anilines is 3. The van der Waals surface area contributed by atoms with Crippen LogP contribution in [0, 0.1) is 0 Å². The second-order valence-corrected chi connectivity index (χ2v) is 15.9. The third kappa shape index (κ3) is 4.71. The topological polar surface area (TPSA) is 3.24 Å². The van der Waals surface area contributed by atoms with Gasteiger partial charge >= 0.3 is 0 Å². The average Bonchev–Trinajstić information content (AvgIpc) is 3.78. The quantitative estimate of drug-likeness (QED) is 0.170. The summed E-state index contributed by atoms with van der Waals surface area (Å²) in [5, 5.41) is 5.10. The Morgan fingerprint density at radius 3 is 1.90 bits per heavy atom. The predicted molar refractivity (Wildman–Crippen MR) is 244 cm³/mol. The van der Waals surface area contributed by atoms with E-state index in [0.717, 1.165) is 29.9 Å². The molecule has 0 aromatic heterocycles. The molecule has 0 amide bonds. The molecular weight excluding hydrogens is 699 g/mol. The average molecular weight is 738 g/mol. The zero-order valence-corrected chi connectivity index (χ0v) is 32.1. The van der Waals surface area contributed by atoms with E-state index >= 15 is 0 Å². The van der Waals surface area contributed by atoms with Crippen molar-refractivity contribution in [2.75, 3.05) is 4.90 Å². The van der Waals surface area contributed by atoms with E-state index in [0.29, 0.717) is 0 Å². The number of para-hydroxylation sites is 1. The zero-order valence-electron chi connectivity index (χ0n) is 32.1. The van der Waals surface area contributed by atoms with Gasteiger partial charge in [-0.2, -0.15) is 0 Å². The van der Waals surface area contributed by atoms with Gasteiger partial charge in [-0.15, -0.1) is 0 Å². The van der Waals surface area contributed by atoms with Crippen molar-refractivity contribution in [2.45, 2.75) is 18.3 Å². The molecule has 0 bridgehead atoms. The van der Waals surface area contributed by atoms with Crippen molar-refractivity contribution < 1.29 is 0 Å². The van der Waals surface area contributed by atoms with Crippen molar-refractivity contribution in [3.63, 3.8) is 0 Å². The lowest BCUT2D eigenvalue weighted by atomic mass is 9.69.